The number of hydrogen-bond donors (Lipinski definition) is 1. The van der Waals surface area contributed by atoms with Crippen LogP contribution in [0, 0.1) is 4.91 Å². The highest BCUT2D eigenvalue weighted by Crippen LogP contribution is 2.33. The van der Waals surface area contributed by atoms with Crippen molar-refractivity contribution in [2.24, 2.45) is 5.18 Å². The van der Waals surface area contributed by atoms with Gasteiger partial charge in [0, 0.05) is 10.2 Å². The molecular formula is C14H8BrF3N2O3. The third-order valence-electron chi connectivity index (χ3n) is 2.62. The number of benzene rings is 2. The largest absolute Gasteiger partial charge is 0.417 e. The lowest BCUT2D eigenvalue weighted by Gasteiger charge is -2.11. The Morgan fingerprint density at radius 1 is 1.13 bits per heavy atom. The lowest BCUT2D eigenvalue weighted by molar-refractivity contribution is -0.137. The van der Waals surface area contributed by atoms with E-state index in [4.69, 9.17) is 4.74 Å². The van der Waals surface area contributed by atoms with Crippen molar-refractivity contribution in [3.8, 4) is 5.75 Å². The summed E-state index contributed by atoms with van der Waals surface area (Å²) in [5.41, 5.74) is -0.842. The van der Waals surface area contributed by atoms with Crippen LogP contribution >= 0.6 is 15.9 Å². The molecule has 0 radical (unpaired) electrons. The van der Waals surface area contributed by atoms with Gasteiger partial charge in [-0.3, -0.25) is 5.32 Å². The minimum atomic E-state index is -4.54. The molecular weight excluding hydrogens is 381 g/mol. The molecule has 0 spiro atoms. The molecule has 0 saturated heterocycles. The number of hydrogen-bond acceptors (Lipinski definition) is 4. The van der Waals surface area contributed by atoms with Gasteiger partial charge in [0.2, 0.25) is 0 Å². The van der Waals surface area contributed by atoms with Crippen molar-refractivity contribution >= 4 is 33.4 Å². The van der Waals surface area contributed by atoms with Gasteiger partial charge in [-0.2, -0.15) is 13.2 Å². The normalized spacial score (nSPS) is 11.0. The van der Waals surface area contributed by atoms with Gasteiger partial charge in [0.15, 0.2) is 0 Å². The number of ether oxygens (including phenoxy) is 1. The Labute approximate surface area is 136 Å². The Bertz CT molecular complexity index is 733. The molecule has 9 heteroatoms. The van der Waals surface area contributed by atoms with Crippen molar-refractivity contribution in [3.63, 3.8) is 0 Å². The molecule has 0 aromatic heterocycles. The third-order valence-corrected chi connectivity index (χ3v) is 3.08. The molecule has 0 unspecified atom stereocenters. The average molecular weight is 389 g/mol. The van der Waals surface area contributed by atoms with Crippen LogP contribution in [0.15, 0.2) is 52.1 Å². The molecule has 0 heterocycles. The lowest BCUT2D eigenvalue weighted by Crippen LogP contribution is -2.17. The van der Waals surface area contributed by atoms with Crippen molar-refractivity contribution in [3.05, 3.63) is 57.4 Å². The quantitative estimate of drug-likeness (QED) is 0.708. The summed E-state index contributed by atoms with van der Waals surface area (Å²) < 4.78 is 43.2. The van der Waals surface area contributed by atoms with E-state index in [0.29, 0.717) is 0 Å². The van der Waals surface area contributed by atoms with Gasteiger partial charge in [-0.25, -0.2) is 4.79 Å². The minimum absolute atomic E-state index is 0.0807. The van der Waals surface area contributed by atoms with Gasteiger partial charge in [-0.1, -0.05) is 15.9 Å². The zero-order valence-electron chi connectivity index (χ0n) is 11.2. The van der Waals surface area contributed by atoms with E-state index in [1.807, 2.05) is 0 Å². The second-order valence-corrected chi connectivity index (χ2v) is 5.24. The maximum Gasteiger partial charge on any atom is 0.417 e. The second kappa shape index (κ2) is 6.78. The molecule has 2 rings (SSSR count). The molecule has 0 aliphatic heterocycles. The van der Waals surface area contributed by atoms with Gasteiger partial charge in [-0.15, -0.1) is 4.91 Å². The molecule has 120 valence electrons. The highest BCUT2D eigenvalue weighted by Gasteiger charge is 2.31. The number of halogens is 4. The van der Waals surface area contributed by atoms with E-state index in [-0.39, 0.29) is 21.6 Å². The number of carbonyl (C=O) groups excluding carboxylic acids is 1. The minimum Gasteiger partial charge on any atom is -0.410 e. The number of alkyl halides is 3. The smallest absolute Gasteiger partial charge is 0.410 e. The summed E-state index contributed by atoms with van der Waals surface area (Å²) >= 11 is 2.95. The van der Waals surface area contributed by atoms with E-state index in [2.05, 4.69) is 26.4 Å². The van der Waals surface area contributed by atoms with Crippen LogP contribution in [-0.2, 0) is 6.18 Å². The van der Waals surface area contributed by atoms with E-state index < -0.39 is 17.8 Å². The van der Waals surface area contributed by atoms with Crippen LogP contribution in [0.25, 0.3) is 0 Å². The first kappa shape index (κ1) is 16.9. The fraction of sp³-hybridized carbons (Fsp3) is 0.0714. The summed E-state index contributed by atoms with van der Waals surface area (Å²) in [6, 6.07) is 8.30. The standard InChI is InChI=1S/C14H8BrF3N2O3/c15-9-5-8(14(16,17)18)6-11(7-9)19-13(21)23-12-3-1-10(20-22)2-4-12/h1-7H,(H,19,21). The summed E-state index contributed by atoms with van der Waals surface area (Å²) in [6.07, 6.45) is -5.51. The zero-order valence-corrected chi connectivity index (χ0v) is 12.8. The highest BCUT2D eigenvalue weighted by atomic mass is 79.9. The first-order valence-electron chi connectivity index (χ1n) is 6.08. The van der Waals surface area contributed by atoms with Gasteiger partial charge >= 0.3 is 12.3 Å². The van der Waals surface area contributed by atoms with Gasteiger partial charge in [0.1, 0.15) is 11.4 Å². The third kappa shape index (κ3) is 4.78. The fourth-order valence-electron chi connectivity index (χ4n) is 1.65. The Hall–Kier alpha value is -2.42. The summed E-state index contributed by atoms with van der Waals surface area (Å²) in [5, 5.41) is 4.88. The summed E-state index contributed by atoms with van der Waals surface area (Å²) in [7, 11) is 0. The van der Waals surface area contributed by atoms with Crippen LogP contribution in [0.2, 0.25) is 0 Å². The Balaban J connectivity index is 2.10. The monoisotopic (exact) mass is 388 g/mol. The fourth-order valence-corrected chi connectivity index (χ4v) is 2.14. The van der Waals surface area contributed by atoms with E-state index in [1.54, 1.807) is 0 Å². The van der Waals surface area contributed by atoms with E-state index in [1.165, 1.54) is 30.3 Å². The first-order chi connectivity index (χ1) is 10.8. The summed E-state index contributed by atoms with van der Waals surface area (Å²) in [6.45, 7) is 0. The molecule has 1 amide bonds. The molecule has 5 nitrogen and oxygen atoms in total. The van der Waals surface area contributed by atoms with Crippen LogP contribution in [0.1, 0.15) is 5.56 Å². The molecule has 0 saturated carbocycles. The number of amides is 1. The van der Waals surface area contributed by atoms with Crippen LogP contribution in [0.5, 0.6) is 5.75 Å². The predicted molar refractivity (Wildman–Crippen MR) is 80.7 cm³/mol. The van der Waals surface area contributed by atoms with Gasteiger partial charge < -0.3 is 4.74 Å². The van der Waals surface area contributed by atoms with Crippen molar-refractivity contribution in [2.75, 3.05) is 5.32 Å². The predicted octanol–water partition coefficient (Wildman–Crippen LogP) is 5.48. The molecule has 23 heavy (non-hydrogen) atoms. The number of nitroso groups, excluding NO2 is 1. The molecule has 0 fully saturated rings. The van der Waals surface area contributed by atoms with E-state index in [9.17, 15) is 22.9 Å². The van der Waals surface area contributed by atoms with E-state index in [0.717, 1.165) is 12.1 Å². The van der Waals surface area contributed by atoms with E-state index >= 15 is 0 Å². The Kier molecular flexibility index (Phi) is 4.99. The SMILES string of the molecule is O=Nc1ccc(OC(=O)Nc2cc(Br)cc(C(F)(F)F)c2)cc1. The highest BCUT2D eigenvalue weighted by molar-refractivity contribution is 9.10. The average Bonchev–Trinajstić information content (AvgIpc) is 2.46. The zero-order chi connectivity index (χ0) is 17.0. The molecule has 0 aliphatic carbocycles. The van der Waals surface area contributed by atoms with Gasteiger partial charge in [-0.05, 0) is 47.6 Å². The van der Waals surface area contributed by atoms with Crippen molar-refractivity contribution in [2.45, 2.75) is 6.18 Å². The topological polar surface area (TPSA) is 67.8 Å². The number of nitrogens with one attached hydrogen (secondary N) is 1. The maximum atomic E-state index is 12.7. The van der Waals surface area contributed by atoms with Crippen LogP contribution in [-0.4, -0.2) is 6.09 Å². The van der Waals surface area contributed by atoms with Crippen molar-refractivity contribution in [1.29, 1.82) is 0 Å². The van der Waals surface area contributed by atoms with Crippen LogP contribution < -0.4 is 10.1 Å². The lowest BCUT2D eigenvalue weighted by atomic mass is 10.2. The number of rotatable bonds is 3. The molecule has 0 aliphatic rings. The molecule has 0 bridgehead atoms. The van der Waals surface area contributed by atoms with Gasteiger partial charge in [0.05, 0.1) is 5.56 Å². The summed E-state index contributed by atoms with van der Waals surface area (Å²) in [5.74, 6) is 0.112. The first-order valence-corrected chi connectivity index (χ1v) is 6.87. The van der Waals surface area contributed by atoms with Gasteiger partial charge in [0.25, 0.3) is 0 Å². The maximum absolute atomic E-state index is 12.7. The van der Waals surface area contributed by atoms with Crippen molar-refractivity contribution < 1.29 is 22.7 Å². The Morgan fingerprint density at radius 2 is 1.78 bits per heavy atom. The molecule has 2 aromatic rings. The van der Waals surface area contributed by atoms with Crippen molar-refractivity contribution in [1.82, 2.24) is 0 Å². The number of anilines is 1. The molecule has 2 aromatic carbocycles. The Morgan fingerprint density at radius 3 is 2.35 bits per heavy atom. The second-order valence-electron chi connectivity index (χ2n) is 4.33. The van der Waals surface area contributed by atoms with Crippen LogP contribution in [0.4, 0.5) is 29.3 Å². The summed E-state index contributed by atoms with van der Waals surface area (Å²) in [4.78, 5) is 22.0. The molecule has 0 atom stereocenters. The van der Waals surface area contributed by atoms with Crippen LogP contribution in [0.3, 0.4) is 0 Å². The number of nitrogens with zero attached hydrogens (tertiary/aromatic N) is 1. The number of carbonyl (C=O) groups is 1. The molecule has 1 N–H and O–H groups in total.